The van der Waals surface area contributed by atoms with Crippen LogP contribution in [0.15, 0.2) is 24.3 Å². The number of aliphatic hydroxyl groups is 1. The second kappa shape index (κ2) is 41.0. The minimum Gasteiger partial charge on any atom is -0.464 e. The van der Waals surface area contributed by atoms with Crippen molar-refractivity contribution in [1.82, 2.24) is 9.80 Å². The van der Waals surface area contributed by atoms with Gasteiger partial charge in [0.05, 0.1) is 26.2 Å². The summed E-state index contributed by atoms with van der Waals surface area (Å²) in [5, 5.41) is 9.22. The van der Waals surface area contributed by atoms with Crippen LogP contribution in [0.1, 0.15) is 194 Å². The molecule has 0 aliphatic carbocycles. The number of nitrogens with zero attached hydrogens (tertiary/aromatic N) is 2. The second-order valence-corrected chi connectivity index (χ2v) is 15.0. The first kappa shape index (κ1) is 50.8. The van der Waals surface area contributed by atoms with Crippen LogP contribution in [0.5, 0.6) is 0 Å². The fourth-order valence-electron chi connectivity index (χ4n) is 6.31. The van der Waals surface area contributed by atoms with Crippen LogP contribution in [-0.2, 0) is 23.9 Å². The van der Waals surface area contributed by atoms with Crippen molar-refractivity contribution in [2.75, 3.05) is 53.0 Å². The Morgan fingerprint density at radius 1 is 0.491 bits per heavy atom. The molecule has 0 heterocycles. The van der Waals surface area contributed by atoms with Gasteiger partial charge in [-0.2, -0.15) is 0 Å². The van der Waals surface area contributed by atoms with Gasteiger partial charge in [0.15, 0.2) is 0 Å². The quantitative estimate of drug-likeness (QED) is 0.0378. The molecule has 0 aromatic rings. The van der Waals surface area contributed by atoms with Crippen LogP contribution in [0.25, 0.3) is 0 Å². The molecule has 0 saturated carbocycles. The lowest BCUT2D eigenvalue weighted by Gasteiger charge is -2.25. The number of allylic oxidation sites excluding steroid dienone is 4. The molecular weight excluding hydrogens is 665 g/mol. The number of hydrogen-bond donors (Lipinski definition) is 1. The zero-order valence-corrected chi connectivity index (χ0v) is 34.9. The van der Waals surface area contributed by atoms with Crippen LogP contribution in [0.2, 0.25) is 0 Å². The van der Waals surface area contributed by atoms with Crippen molar-refractivity contribution in [3.8, 4) is 0 Å². The molecule has 0 radical (unpaired) electrons. The molecule has 8 nitrogen and oxygen atoms in total. The zero-order chi connectivity index (χ0) is 38.9. The summed E-state index contributed by atoms with van der Waals surface area (Å²) in [6.07, 6.45) is 41.6. The van der Waals surface area contributed by atoms with Crippen LogP contribution in [0.3, 0.4) is 0 Å². The number of likely N-dealkylation sites (N-methyl/N-ethyl adjacent to an activating group) is 1. The summed E-state index contributed by atoms with van der Waals surface area (Å²) in [4.78, 5) is 40.9. The lowest BCUT2D eigenvalue weighted by Crippen LogP contribution is -2.43. The Bertz CT molecular complexity index is 834. The van der Waals surface area contributed by atoms with E-state index in [-0.39, 0.29) is 57.3 Å². The molecule has 0 bridgehead atoms. The van der Waals surface area contributed by atoms with E-state index in [1.807, 2.05) is 0 Å². The number of unbranched alkanes of at least 4 members (excludes halogenated alkanes) is 22. The maximum Gasteiger partial charge on any atom is 0.305 e. The van der Waals surface area contributed by atoms with E-state index in [2.05, 4.69) is 38.2 Å². The lowest BCUT2D eigenvalue weighted by atomic mass is 10.1. The molecular formula is C45H84N2O6. The molecule has 0 saturated heterocycles. The Hall–Kier alpha value is -2.19. The smallest absolute Gasteiger partial charge is 0.305 e. The van der Waals surface area contributed by atoms with E-state index in [9.17, 15) is 19.5 Å². The fraction of sp³-hybridized carbons (Fsp3) is 0.844. The summed E-state index contributed by atoms with van der Waals surface area (Å²) >= 11 is 0. The molecule has 0 aromatic heterocycles. The van der Waals surface area contributed by atoms with Crippen LogP contribution in [0.4, 0.5) is 0 Å². The summed E-state index contributed by atoms with van der Waals surface area (Å²) in [5.41, 5.74) is 0. The Balaban J connectivity index is 4.08. The fourth-order valence-corrected chi connectivity index (χ4v) is 6.31. The van der Waals surface area contributed by atoms with Gasteiger partial charge in [-0.05, 0) is 71.3 Å². The molecule has 0 aliphatic rings. The van der Waals surface area contributed by atoms with Crippen LogP contribution < -0.4 is 0 Å². The van der Waals surface area contributed by atoms with Gasteiger partial charge in [-0.15, -0.1) is 0 Å². The molecule has 0 aromatic carbocycles. The maximum atomic E-state index is 13.0. The number of esters is 2. The number of carbonyl (C=O) groups excluding carboxylic acids is 3. The van der Waals surface area contributed by atoms with Crippen molar-refractivity contribution in [1.29, 1.82) is 0 Å². The number of carbonyl (C=O) groups is 3. The molecule has 1 N–H and O–H groups in total. The third-order valence-electron chi connectivity index (χ3n) is 9.77. The largest absolute Gasteiger partial charge is 0.464 e. The Morgan fingerprint density at radius 3 is 1.19 bits per heavy atom. The Labute approximate surface area is 326 Å². The second-order valence-electron chi connectivity index (χ2n) is 15.0. The van der Waals surface area contributed by atoms with Crippen molar-refractivity contribution in [3.05, 3.63) is 24.3 Å². The van der Waals surface area contributed by atoms with Crippen molar-refractivity contribution >= 4 is 17.8 Å². The number of ether oxygens (including phenoxy) is 2. The van der Waals surface area contributed by atoms with E-state index in [0.29, 0.717) is 19.4 Å². The van der Waals surface area contributed by atoms with Gasteiger partial charge in [0.2, 0.25) is 5.91 Å². The minimum atomic E-state index is -0.237. The average Bonchev–Trinajstić information content (AvgIpc) is 3.14. The topological polar surface area (TPSA) is 96.4 Å². The molecule has 0 aliphatic heterocycles. The SMILES string of the molecule is CCCCCCCC/C=C\CCCCCCCC(=O)OCCN(CCOC(=O)CCCCCCC/C=C\CCCCCCCC)C(=O)CN(C)CCO. The van der Waals surface area contributed by atoms with E-state index in [0.717, 1.165) is 51.4 Å². The van der Waals surface area contributed by atoms with Crippen LogP contribution in [0, 0.1) is 0 Å². The van der Waals surface area contributed by atoms with Gasteiger partial charge >= 0.3 is 11.9 Å². The van der Waals surface area contributed by atoms with Crippen molar-refractivity contribution in [3.63, 3.8) is 0 Å². The van der Waals surface area contributed by atoms with Gasteiger partial charge in [-0.1, -0.05) is 141 Å². The summed E-state index contributed by atoms with van der Waals surface area (Å²) < 4.78 is 10.9. The standard InChI is InChI=1S/C45H84N2O6/c1-4-6-8-10-12-14-16-18-20-22-24-26-28-30-32-34-44(50)52-40-37-47(43(49)42-46(3)36-39-48)38-41-53-45(51)35-33-31-29-27-25-23-21-19-17-15-13-11-9-7-5-2/h18-21,48H,4-17,22-42H2,1-3H3/b20-18-,21-19-. The molecule has 0 unspecified atom stereocenters. The third kappa shape index (κ3) is 37.9. The minimum absolute atomic E-state index is 0.0360. The highest BCUT2D eigenvalue weighted by Gasteiger charge is 2.17. The van der Waals surface area contributed by atoms with E-state index in [1.165, 1.54) is 116 Å². The Morgan fingerprint density at radius 2 is 0.830 bits per heavy atom. The van der Waals surface area contributed by atoms with Gasteiger partial charge in [-0.25, -0.2) is 0 Å². The zero-order valence-electron chi connectivity index (χ0n) is 34.9. The number of aliphatic hydroxyl groups excluding tert-OH is 1. The highest BCUT2D eigenvalue weighted by atomic mass is 16.5. The highest BCUT2D eigenvalue weighted by Crippen LogP contribution is 2.12. The third-order valence-corrected chi connectivity index (χ3v) is 9.77. The first-order chi connectivity index (χ1) is 25.9. The van der Waals surface area contributed by atoms with Gasteiger partial charge in [0, 0.05) is 19.4 Å². The molecule has 0 spiro atoms. The van der Waals surface area contributed by atoms with E-state index < -0.39 is 0 Å². The van der Waals surface area contributed by atoms with Crippen LogP contribution >= 0.6 is 0 Å². The number of rotatable bonds is 40. The maximum absolute atomic E-state index is 13.0. The summed E-state index contributed by atoms with van der Waals surface area (Å²) in [7, 11) is 1.77. The molecule has 0 atom stereocenters. The molecule has 0 fully saturated rings. The molecule has 0 rings (SSSR count). The summed E-state index contributed by atoms with van der Waals surface area (Å²) in [6.45, 7) is 5.71. The van der Waals surface area contributed by atoms with Crippen LogP contribution in [-0.4, -0.2) is 85.8 Å². The summed E-state index contributed by atoms with van der Waals surface area (Å²) in [6, 6.07) is 0. The first-order valence-corrected chi connectivity index (χ1v) is 22.1. The Kier molecular flexibility index (Phi) is 39.3. The predicted octanol–water partition coefficient (Wildman–Crippen LogP) is 10.9. The van der Waals surface area contributed by atoms with Crippen molar-refractivity contribution in [2.45, 2.75) is 194 Å². The van der Waals surface area contributed by atoms with Gasteiger partial charge < -0.3 is 19.5 Å². The molecule has 8 heteroatoms. The van der Waals surface area contributed by atoms with Crippen molar-refractivity contribution in [2.24, 2.45) is 0 Å². The normalized spacial score (nSPS) is 11.6. The van der Waals surface area contributed by atoms with Crippen molar-refractivity contribution < 1.29 is 29.0 Å². The molecule has 310 valence electrons. The van der Waals surface area contributed by atoms with Gasteiger partial charge in [-0.3, -0.25) is 19.3 Å². The highest BCUT2D eigenvalue weighted by molar-refractivity contribution is 5.78. The van der Waals surface area contributed by atoms with Gasteiger partial charge in [0.1, 0.15) is 13.2 Å². The van der Waals surface area contributed by atoms with E-state index in [1.54, 1.807) is 16.8 Å². The van der Waals surface area contributed by atoms with E-state index in [4.69, 9.17) is 9.47 Å². The summed E-state index contributed by atoms with van der Waals surface area (Å²) in [5.74, 6) is -0.625. The number of amides is 1. The number of hydrogen-bond acceptors (Lipinski definition) is 7. The van der Waals surface area contributed by atoms with Gasteiger partial charge in [0.25, 0.3) is 0 Å². The monoisotopic (exact) mass is 749 g/mol. The first-order valence-electron chi connectivity index (χ1n) is 22.1. The predicted molar refractivity (Wildman–Crippen MR) is 222 cm³/mol. The lowest BCUT2D eigenvalue weighted by molar-refractivity contribution is -0.148. The molecule has 53 heavy (non-hydrogen) atoms. The van der Waals surface area contributed by atoms with E-state index >= 15 is 0 Å². The average molecular weight is 749 g/mol. The molecule has 1 amide bonds.